The Kier molecular flexibility index (Phi) is 3.50. The first kappa shape index (κ1) is 12.5. The van der Waals surface area contributed by atoms with Crippen LogP contribution >= 0.6 is 0 Å². The van der Waals surface area contributed by atoms with Gasteiger partial charge in [0.2, 0.25) is 0 Å². The summed E-state index contributed by atoms with van der Waals surface area (Å²) in [6, 6.07) is 7.51. The van der Waals surface area contributed by atoms with Crippen LogP contribution in [0.1, 0.15) is 6.92 Å². The first-order valence-corrected chi connectivity index (χ1v) is 5.11. The highest BCUT2D eigenvalue weighted by atomic mass is 16.5. The summed E-state index contributed by atoms with van der Waals surface area (Å²) in [7, 11) is 6.06. The van der Waals surface area contributed by atoms with Crippen LogP contribution in [0.2, 0.25) is 0 Å². The van der Waals surface area contributed by atoms with Crippen molar-refractivity contribution >= 4 is 11.7 Å². The van der Waals surface area contributed by atoms with Gasteiger partial charge in [-0.3, -0.25) is 4.48 Å². The molecule has 0 heterocycles. The van der Waals surface area contributed by atoms with Crippen molar-refractivity contribution in [2.75, 3.05) is 21.1 Å². The molecule has 0 unspecified atom stereocenters. The average Bonchev–Trinajstić information content (AvgIpc) is 2.16. The van der Waals surface area contributed by atoms with Crippen molar-refractivity contribution < 1.29 is 9.53 Å². The Morgan fingerprint density at radius 2 is 1.81 bits per heavy atom. The van der Waals surface area contributed by atoms with Crippen LogP contribution in [0.4, 0.5) is 5.69 Å². The van der Waals surface area contributed by atoms with Gasteiger partial charge in [0.15, 0.2) is 11.4 Å². The van der Waals surface area contributed by atoms with E-state index >= 15 is 0 Å². The summed E-state index contributed by atoms with van der Waals surface area (Å²) in [4.78, 5) is 11.5. The molecule has 0 N–H and O–H groups in total. The summed E-state index contributed by atoms with van der Waals surface area (Å²) in [6.45, 7) is 5.20. The average molecular weight is 220 g/mol. The molecule has 0 aromatic heterocycles. The van der Waals surface area contributed by atoms with Crippen molar-refractivity contribution in [3.63, 3.8) is 0 Å². The molecule has 3 nitrogen and oxygen atoms in total. The van der Waals surface area contributed by atoms with Gasteiger partial charge >= 0.3 is 5.97 Å². The van der Waals surface area contributed by atoms with E-state index in [1.807, 2.05) is 39.3 Å². The lowest BCUT2D eigenvalue weighted by atomic mass is 10.2. The fourth-order valence-corrected chi connectivity index (χ4v) is 1.28. The Hall–Kier alpha value is -1.61. The first-order valence-electron chi connectivity index (χ1n) is 5.11. The molecule has 3 heteroatoms. The first-order chi connectivity index (χ1) is 7.32. The second-order valence-electron chi connectivity index (χ2n) is 4.65. The van der Waals surface area contributed by atoms with Gasteiger partial charge in [-0.2, -0.15) is 0 Å². The Bertz CT molecular complexity index is 416. The minimum Gasteiger partial charge on any atom is -0.417 e. The third kappa shape index (κ3) is 2.94. The lowest BCUT2D eigenvalue weighted by Gasteiger charge is -2.25. The summed E-state index contributed by atoms with van der Waals surface area (Å²) in [5, 5.41) is 0. The zero-order valence-electron chi connectivity index (χ0n) is 10.3. The Morgan fingerprint density at radius 1 is 1.25 bits per heavy atom. The number of nitrogens with zero attached hydrogens (tertiary/aromatic N) is 1. The number of carbonyl (C=O) groups is 1. The van der Waals surface area contributed by atoms with E-state index in [1.165, 1.54) is 0 Å². The molecular formula is C13H18NO2+. The molecule has 0 atom stereocenters. The van der Waals surface area contributed by atoms with Crippen LogP contribution in [0.15, 0.2) is 36.4 Å². The molecular weight excluding hydrogens is 202 g/mol. The van der Waals surface area contributed by atoms with Gasteiger partial charge in [-0.15, -0.1) is 0 Å². The molecule has 0 fully saturated rings. The van der Waals surface area contributed by atoms with E-state index in [1.54, 1.807) is 13.0 Å². The number of carbonyl (C=O) groups excluding carboxylic acids is 1. The molecule has 0 aliphatic carbocycles. The zero-order valence-corrected chi connectivity index (χ0v) is 10.3. The summed E-state index contributed by atoms with van der Waals surface area (Å²) in [5.41, 5.74) is 1.35. The lowest BCUT2D eigenvalue weighted by molar-refractivity contribution is -0.130. The van der Waals surface area contributed by atoms with Crippen molar-refractivity contribution in [2.45, 2.75) is 6.92 Å². The zero-order chi connectivity index (χ0) is 12.3. The van der Waals surface area contributed by atoms with Crippen LogP contribution < -0.4 is 9.22 Å². The Labute approximate surface area is 96.5 Å². The van der Waals surface area contributed by atoms with Crippen LogP contribution in [-0.2, 0) is 4.79 Å². The molecule has 0 amide bonds. The number of hydrogen-bond acceptors (Lipinski definition) is 2. The third-order valence-electron chi connectivity index (χ3n) is 2.14. The number of quaternary nitrogens is 1. The highest BCUT2D eigenvalue weighted by molar-refractivity contribution is 5.89. The normalized spacial score (nSPS) is 11.0. The minimum atomic E-state index is -0.388. The number of ether oxygens (including phenoxy) is 1. The van der Waals surface area contributed by atoms with E-state index in [2.05, 4.69) is 6.58 Å². The number of esters is 1. The van der Waals surface area contributed by atoms with Crippen molar-refractivity contribution in [3.8, 4) is 5.75 Å². The lowest BCUT2D eigenvalue weighted by Crippen LogP contribution is -2.35. The van der Waals surface area contributed by atoms with Gasteiger partial charge in [0, 0.05) is 11.6 Å². The predicted molar refractivity (Wildman–Crippen MR) is 66.5 cm³/mol. The minimum absolute atomic E-state index is 0.388. The smallest absolute Gasteiger partial charge is 0.338 e. The monoisotopic (exact) mass is 220 g/mol. The maximum Gasteiger partial charge on any atom is 0.338 e. The van der Waals surface area contributed by atoms with Gasteiger partial charge in [0.05, 0.1) is 21.1 Å². The van der Waals surface area contributed by atoms with Gasteiger partial charge in [-0.05, 0) is 13.0 Å². The fraction of sp³-hybridized carbons (Fsp3) is 0.308. The number of rotatable bonds is 3. The molecule has 0 aliphatic heterocycles. The molecule has 1 aromatic carbocycles. The maximum absolute atomic E-state index is 11.5. The predicted octanol–water partition coefficient (Wildman–Crippen LogP) is 2.36. The van der Waals surface area contributed by atoms with Crippen LogP contribution in [-0.4, -0.2) is 27.1 Å². The molecule has 0 aliphatic rings. The molecule has 1 aromatic rings. The van der Waals surface area contributed by atoms with Crippen LogP contribution in [0.5, 0.6) is 5.75 Å². The van der Waals surface area contributed by atoms with E-state index in [0.29, 0.717) is 15.8 Å². The van der Waals surface area contributed by atoms with Crippen molar-refractivity contribution in [2.24, 2.45) is 0 Å². The Balaban J connectivity index is 3.05. The van der Waals surface area contributed by atoms with Crippen molar-refractivity contribution in [1.29, 1.82) is 0 Å². The molecule has 1 rings (SSSR count). The molecule has 86 valence electrons. The second kappa shape index (κ2) is 4.49. The highest BCUT2D eigenvalue weighted by Crippen LogP contribution is 2.30. The fourth-order valence-electron chi connectivity index (χ4n) is 1.28. The number of hydrogen-bond donors (Lipinski definition) is 0. The molecule has 0 spiro atoms. The van der Waals surface area contributed by atoms with Gasteiger partial charge in [-0.1, -0.05) is 18.7 Å². The van der Waals surface area contributed by atoms with E-state index in [-0.39, 0.29) is 5.97 Å². The standard InChI is InChI=1S/C13H18NO2/c1-10(2)13(15)16-12-9-7-6-8-11(12)14(3,4)5/h6-9H,1H2,2-5H3/q+1. The molecule has 16 heavy (non-hydrogen) atoms. The molecule has 0 bridgehead atoms. The second-order valence-corrected chi connectivity index (χ2v) is 4.65. The Morgan fingerprint density at radius 3 is 2.31 bits per heavy atom. The SMILES string of the molecule is C=C(C)C(=O)Oc1ccccc1[N+](C)(C)C. The van der Waals surface area contributed by atoms with E-state index in [4.69, 9.17) is 4.74 Å². The highest BCUT2D eigenvalue weighted by Gasteiger charge is 2.20. The van der Waals surface area contributed by atoms with Gasteiger partial charge in [0.25, 0.3) is 0 Å². The van der Waals surface area contributed by atoms with Crippen LogP contribution in [0, 0.1) is 0 Å². The maximum atomic E-state index is 11.5. The van der Waals surface area contributed by atoms with Gasteiger partial charge in [0.1, 0.15) is 0 Å². The van der Waals surface area contributed by atoms with Gasteiger partial charge in [-0.25, -0.2) is 4.79 Å². The summed E-state index contributed by atoms with van der Waals surface area (Å²) < 4.78 is 5.88. The summed E-state index contributed by atoms with van der Waals surface area (Å²) in [6.07, 6.45) is 0. The number of para-hydroxylation sites is 2. The van der Waals surface area contributed by atoms with Gasteiger partial charge < -0.3 is 4.74 Å². The molecule has 0 saturated heterocycles. The topological polar surface area (TPSA) is 26.3 Å². The van der Waals surface area contributed by atoms with Crippen molar-refractivity contribution in [3.05, 3.63) is 36.4 Å². The van der Waals surface area contributed by atoms with Crippen LogP contribution in [0.25, 0.3) is 0 Å². The molecule has 0 saturated carbocycles. The van der Waals surface area contributed by atoms with E-state index in [0.717, 1.165) is 5.69 Å². The third-order valence-corrected chi connectivity index (χ3v) is 2.14. The largest absolute Gasteiger partial charge is 0.417 e. The van der Waals surface area contributed by atoms with E-state index < -0.39 is 0 Å². The van der Waals surface area contributed by atoms with Crippen molar-refractivity contribution in [1.82, 2.24) is 4.48 Å². The summed E-state index contributed by atoms with van der Waals surface area (Å²) >= 11 is 0. The van der Waals surface area contributed by atoms with E-state index in [9.17, 15) is 4.79 Å². The number of benzene rings is 1. The summed E-state index contributed by atoms with van der Waals surface area (Å²) in [5.74, 6) is 0.198. The van der Waals surface area contributed by atoms with Crippen LogP contribution in [0.3, 0.4) is 0 Å². The molecule has 0 radical (unpaired) electrons. The quantitative estimate of drug-likeness (QED) is 0.338.